The molecule has 0 aromatic heterocycles. The average Bonchev–Trinajstić information content (AvgIpc) is 2.73. The van der Waals surface area contributed by atoms with Gasteiger partial charge in [0.15, 0.2) is 9.84 Å². The molecule has 2 N–H and O–H groups in total. The number of benzene rings is 2. The lowest BCUT2D eigenvalue weighted by Crippen LogP contribution is -2.51. The molecule has 0 radical (unpaired) electrons. The third kappa shape index (κ3) is 3.61. The number of fused-ring (bicyclic) bond motifs is 1. The summed E-state index contributed by atoms with van der Waals surface area (Å²) >= 11 is 0. The van der Waals surface area contributed by atoms with E-state index < -0.39 is 21.4 Å². The molecular formula is C21H27NO4S. The van der Waals surface area contributed by atoms with Crippen LogP contribution in [-0.2, 0) is 9.84 Å². The molecule has 0 spiro atoms. The number of phenolic OH excluding ortho intramolecular Hbond substituents is 1. The Balaban J connectivity index is 2.28. The molecule has 3 rings (SSSR count). The zero-order valence-electron chi connectivity index (χ0n) is 15.8. The summed E-state index contributed by atoms with van der Waals surface area (Å²) in [6, 6.07) is 13.2. The molecule has 0 saturated heterocycles. The average molecular weight is 390 g/mol. The maximum atomic E-state index is 13.3. The van der Waals surface area contributed by atoms with Gasteiger partial charge in [-0.15, -0.1) is 0 Å². The Kier molecular flexibility index (Phi) is 5.60. The zero-order chi connectivity index (χ0) is 19.7. The van der Waals surface area contributed by atoms with Gasteiger partial charge in [0.1, 0.15) is 5.75 Å². The first-order chi connectivity index (χ1) is 12.8. The van der Waals surface area contributed by atoms with Gasteiger partial charge in [0, 0.05) is 0 Å². The Morgan fingerprint density at radius 3 is 2.48 bits per heavy atom. The lowest BCUT2D eigenvalue weighted by Gasteiger charge is -2.42. The van der Waals surface area contributed by atoms with Gasteiger partial charge < -0.3 is 10.3 Å². The van der Waals surface area contributed by atoms with E-state index >= 15 is 0 Å². The Hall–Kier alpha value is -1.89. The fourth-order valence-corrected chi connectivity index (χ4v) is 6.19. The summed E-state index contributed by atoms with van der Waals surface area (Å²) in [5.41, 5.74) is 0.427. The third-order valence-corrected chi connectivity index (χ3v) is 7.53. The van der Waals surface area contributed by atoms with Crippen molar-refractivity contribution < 1.29 is 18.7 Å². The van der Waals surface area contributed by atoms with Crippen molar-refractivity contribution in [1.82, 2.24) is 5.06 Å². The third-order valence-electron chi connectivity index (χ3n) is 5.59. The van der Waals surface area contributed by atoms with Gasteiger partial charge in [-0.1, -0.05) is 63.1 Å². The standard InChI is InChI=1S/C21H27NO4S/c1-3-5-13-21(4-2)15-27(25,26)19-14-17(23)11-12-18(19)20(22(21)24)16-9-7-6-8-10-16/h6-12,14,20,23-24H,3-5,13,15H2,1-2H3/t20-,21+/m0/s1. The van der Waals surface area contributed by atoms with Gasteiger partial charge in [0.05, 0.1) is 22.2 Å². The predicted octanol–water partition coefficient (Wildman–Crippen LogP) is 4.30. The summed E-state index contributed by atoms with van der Waals surface area (Å²) in [7, 11) is -3.69. The summed E-state index contributed by atoms with van der Waals surface area (Å²) < 4.78 is 26.5. The molecule has 2 atom stereocenters. The number of hydrogen-bond acceptors (Lipinski definition) is 5. The van der Waals surface area contributed by atoms with Crippen molar-refractivity contribution in [1.29, 1.82) is 0 Å². The van der Waals surface area contributed by atoms with E-state index in [1.54, 1.807) is 6.07 Å². The maximum absolute atomic E-state index is 13.3. The van der Waals surface area contributed by atoms with Crippen LogP contribution in [-0.4, -0.2) is 35.1 Å². The van der Waals surface area contributed by atoms with E-state index in [0.717, 1.165) is 18.4 Å². The molecule has 146 valence electrons. The van der Waals surface area contributed by atoms with E-state index in [1.807, 2.05) is 37.3 Å². The quantitative estimate of drug-likeness (QED) is 0.797. The molecule has 0 saturated carbocycles. The van der Waals surface area contributed by atoms with Crippen molar-refractivity contribution in [3.05, 3.63) is 59.7 Å². The predicted molar refractivity (Wildman–Crippen MR) is 105 cm³/mol. The zero-order valence-corrected chi connectivity index (χ0v) is 16.6. The molecule has 2 aromatic rings. The molecule has 2 aromatic carbocycles. The van der Waals surface area contributed by atoms with Crippen LogP contribution in [0.1, 0.15) is 56.7 Å². The van der Waals surface area contributed by atoms with E-state index in [1.165, 1.54) is 17.2 Å². The summed E-state index contributed by atoms with van der Waals surface area (Å²) in [6.45, 7) is 3.97. The Labute approximate surface area is 161 Å². The molecule has 5 nitrogen and oxygen atoms in total. The highest BCUT2D eigenvalue weighted by molar-refractivity contribution is 7.91. The van der Waals surface area contributed by atoms with Crippen molar-refractivity contribution in [2.24, 2.45) is 0 Å². The molecule has 0 bridgehead atoms. The second-order valence-electron chi connectivity index (χ2n) is 7.32. The van der Waals surface area contributed by atoms with Crippen molar-refractivity contribution in [3.63, 3.8) is 0 Å². The fourth-order valence-electron chi connectivity index (χ4n) is 4.01. The summed E-state index contributed by atoms with van der Waals surface area (Å²) in [6.07, 6.45) is 2.83. The Morgan fingerprint density at radius 2 is 1.85 bits per heavy atom. The van der Waals surface area contributed by atoms with Crippen molar-refractivity contribution in [3.8, 4) is 5.75 Å². The Morgan fingerprint density at radius 1 is 1.15 bits per heavy atom. The van der Waals surface area contributed by atoms with Gasteiger partial charge in [-0.2, -0.15) is 5.06 Å². The van der Waals surface area contributed by atoms with Crippen LogP contribution < -0.4 is 0 Å². The minimum absolute atomic E-state index is 0.0915. The smallest absolute Gasteiger partial charge is 0.180 e. The van der Waals surface area contributed by atoms with E-state index in [4.69, 9.17) is 0 Å². The highest BCUT2D eigenvalue weighted by Gasteiger charge is 2.47. The van der Waals surface area contributed by atoms with Gasteiger partial charge in [-0.3, -0.25) is 0 Å². The second-order valence-corrected chi connectivity index (χ2v) is 9.28. The van der Waals surface area contributed by atoms with Gasteiger partial charge in [-0.25, -0.2) is 8.42 Å². The fraction of sp³-hybridized carbons (Fsp3) is 0.429. The van der Waals surface area contributed by atoms with Crippen LogP contribution in [0.25, 0.3) is 0 Å². The first-order valence-corrected chi connectivity index (χ1v) is 11.1. The van der Waals surface area contributed by atoms with Crippen LogP contribution in [0.3, 0.4) is 0 Å². The van der Waals surface area contributed by atoms with Crippen LogP contribution in [0.5, 0.6) is 5.75 Å². The van der Waals surface area contributed by atoms with E-state index in [9.17, 15) is 18.7 Å². The molecular weight excluding hydrogens is 362 g/mol. The number of nitrogens with zero attached hydrogens (tertiary/aromatic N) is 1. The van der Waals surface area contributed by atoms with Gasteiger partial charge in [0.25, 0.3) is 0 Å². The lowest BCUT2D eigenvalue weighted by atomic mass is 9.87. The lowest BCUT2D eigenvalue weighted by molar-refractivity contribution is -0.193. The van der Waals surface area contributed by atoms with Crippen LogP contribution in [0.4, 0.5) is 0 Å². The summed E-state index contributed by atoms with van der Waals surface area (Å²) in [5, 5.41) is 22.6. The monoisotopic (exact) mass is 389 g/mol. The summed E-state index contributed by atoms with van der Waals surface area (Å²) in [5.74, 6) is -0.265. The minimum atomic E-state index is -3.69. The topological polar surface area (TPSA) is 77.8 Å². The van der Waals surface area contributed by atoms with Crippen molar-refractivity contribution in [2.75, 3.05) is 5.75 Å². The van der Waals surface area contributed by atoms with E-state index in [0.29, 0.717) is 18.4 Å². The van der Waals surface area contributed by atoms with Gasteiger partial charge in [-0.05, 0) is 36.1 Å². The maximum Gasteiger partial charge on any atom is 0.180 e. The van der Waals surface area contributed by atoms with Crippen molar-refractivity contribution in [2.45, 2.75) is 56.0 Å². The molecule has 0 amide bonds. The number of sulfone groups is 1. The number of hydroxylamine groups is 2. The molecule has 1 aliphatic rings. The van der Waals surface area contributed by atoms with Crippen molar-refractivity contribution >= 4 is 9.84 Å². The number of rotatable bonds is 5. The van der Waals surface area contributed by atoms with Crippen LogP contribution >= 0.6 is 0 Å². The summed E-state index contributed by atoms with van der Waals surface area (Å²) in [4.78, 5) is 0.0993. The largest absolute Gasteiger partial charge is 0.508 e. The van der Waals surface area contributed by atoms with E-state index in [2.05, 4.69) is 6.92 Å². The Bertz CT molecular complexity index is 898. The minimum Gasteiger partial charge on any atom is -0.508 e. The molecule has 0 aliphatic carbocycles. The first-order valence-electron chi connectivity index (χ1n) is 9.43. The number of phenols is 1. The number of hydrogen-bond donors (Lipinski definition) is 2. The molecule has 1 heterocycles. The SMILES string of the molecule is CCCC[C@]1(CC)CS(=O)(=O)c2cc(O)ccc2[C@H](c2ccccc2)N1O. The number of aromatic hydroxyl groups is 1. The van der Waals surface area contributed by atoms with Gasteiger partial charge in [0.2, 0.25) is 0 Å². The highest BCUT2D eigenvalue weighted by Crippen LogP contribution is 2.44. The molecule has 6 heteroatoms. The molecule has 0 unspecified atom stereocenters. The normalized spacial score (nSPS) is 24.9. The van der Waals surface area contributed by atoms with Crippen LogP contribution in [0.15, 0.2) is 53.4 Å². The van der Waals surface area contributed by atoms with E-state index in [-0.39, 0.29) is 16.4 Å². The highest BCUT2D eigenvalue weighted by atomic mass is 32.2. The molecule has 0 fully saturated rings. The second kappa shape index (κ2) is 7.62. The van der Waals surface area contributed by atoms with Crippen LogP contribution in [0.2, 0.25) is 0 Å². The van der Waals surface area contributed by atoms with Crippen LogP contribution in [0, 0.1) is 0 Å². The molecule has 27 heavy (non-hydrogen) atoms. The van der Waals surface area contributed by atoms with Gasteiger partial charge >= 0.3 is 0 Å². The molecule has 1 aliphatic heterocycles. The first kappa shape index (κ1) is 19.9. The number of unbranched alkanes of at least 4 members (excludes halogenated alkanes) is 1.